The largest absolute Gasteiger partial charge is 0.256 e. The highest BCUT2D eigenvalue weighted by molar-refractivity contribution is 5.96. The summed E-state index contributed by atoms with van der Waals surface area (Å²) in [6, 6.07) is 21.1. The van der Waals surface area contributed by atoms with Gasteiger partial charge in [0.05, 0.1) is 11.4 Å². The number of aromatic nitrogens is 2. The Morgan fingerprint density at radius 1 is 0.542 bits per heavy atom. The summed E-state index contributed by atoms with van der Waals surface area (Å²) >= 11 is 0. The summed E-state index contributed by atoms with van der Waals surface area (Å²) in [5.74, 6) is 0. The standard InChI is InChI=1S/C22H18N2/c1-15-8-10-21(23-13-15)19-12-20(22-11-9-16(2)14-24-22)18-7-5-3-4-6-17(18)19/h3-14H,1-2H3. The van der Waals surface area contributed by atoms with Gasteiger partial charge in [0.25, 0.3) is 0 Å². The maximum atomic E-state index is 4.62. The topological polar surface area (TPSA) is 25.8 Å². The van der Waals surface area contributed by atoms with Crippen molar-refractivity contribution in [1.82, 2.24) is 9.97 Å². The first-order valence-corrected chi connectivity index (χ1v) is 8.10. The van der Waals surface area contributed by atoms with Crippen LogP contribution in [0.15, 0.2) is 73.1 Å². The van der Waals surface area contributed by atoms with Crippen LogP contribution >= 0.6 is 0 Å². The first kappa shape index (κ1) is 14.6. The van der Waals surface area contributed by atoms with Crippen molar-refractivity contribution >= 4 is 0 Å². The summed E-state index contributed by atoms with van der Waals surface area (Å²) in [5, 5.41) is 0. The van der Waals surface area contributed by atoms with Gasteiger partial charge in [-0.3, -0.25) is 9.97 Å². The van der Waals surface area contributed by atoms with Crippen molar-refractivity contribution in [3.63, 3.8) is 0 Å². The van der Waals surface area contributed by atoms with Crippen molar-refractivity contribution < 1.29 is 0 Å². The molecule has 0 unspecified atom stereocenters. The molecule has 0 spiro atoms. The monoisotopic (exact) mass is 310 g/mol. The van der Waals surface area contributed by atoms with Crippen LogP contribution in [0.3, 0.4) is 0 Å². The van der Waals surface area contributed by atoms with Crippen molar-refractivity contribution in [1.29, 1.82) is 0 Å². The molecule has 24 heavy (non-hydrogen) atoms. The van der Waals surface area contributed by atoms with Crippen LogP contribution < -0.4 is 0 Å². The SMILES string of the molecule is Cc1ccc(-c2cc(-c3ccc(C)cn3)c3cccccc2-3)nc1. The highest BCUT2D eigenvalue weighted by Gasteiger charge is 2.18. The maximum absolute atomic E-state index is 4.62. The van der Waals surface area contributed by atoms with Gasteiger partial charge in [0, 0.05) is 23.5 Å². The smallest absolute Gasteiger partial charge is 0.0708 e. The van der Waals surface area contributed by atoms with Crippen molar-refractivity contribution in [2.45, 2.75) is 13.8 Å². The number of rotatable bonds is 2. The highest BCUT2D eigenvalue weighted by atomic mass is 14.7. The quantitative estimate of drug-likeness (QED) is 0.486. The van der Waals surface area contributed by atoms with Gasteiger partial charge in [-0.05, 0) is 54.3 Å². The van der Waals surface area contributed by atoms with Gasteiger partial charge < -0.3 is 0 Å². The molecule has 2 aliphatic rings. The van der Waals surface area contributed by atoms with Crippen molar-refractivity contribution in [3.05, 3.63) is 84.2 Å². The lowest BCUT2D eigenvalue weighted by Gasteiger charge is -2.03. The fourth-order valence-corrected chi connectivity index (χ4v) is 2.99. The Balaban J connectivity index is 1.95. The minimum absolute atomic E-state index is 0.996. The molecule has 0 saturated carbocycles. The molecule has 2 aliphatic carbocycles. The van der Waals surface area contributed by atoms with E-state index in [1.807, 2.05) is 12.4 Å². The Bertz CT molecular complexity index is 877. The number of nitrogens with zero attached hydrogens (tertiary/aromatic N) is 2. The van der Waals surface area contributed by atoms with Gasteiger partial charge in [0.15, 0.2) is 0 Å². The van der Waals surface area contributed by atoms with Crippen molar-refractivity contribution in [3.8, 4) is 33.6 Å². The molecular weight excluding hydrogens is 292 g/mol. The molecule has 2 aromatic heterocycles. The van der Waals surface area contributed by atoms with Crippen LogP contribution in [0.1, 0.15) is 11.1 Å². The Labute approximate surface area is 142 Å². The van der Waals surface area contributed by atoms with E-state index in [2.05, 4.69) is 84.5 Å². The van der Waals surface area contributed by atoms with E-state index in [1.54, 1.807) is 0 Å². The average Bonchev–Trinajstić information content (AvgIpc) is 2.78. The molecule has 0 atom stereocenters. The second-order valence-electron chi connectivity index (χ2n) is 6.15. The Hall–Kier alpha value is -3.00. The number of aryl methyl sites for hydroxylation is 2. The molecule has 2 heteroatoms. The molecule has 2 aromatic rings. The van der Waals surface area contributed by atoms with Crippen molar-refractivity contribution in [2.24, 2.45) is 0 Å². The van der Waals surface area contributed by atoms with E-state index in [0.717, 1.165) is 22.5 Å². The van der Waals surface area contributed by atoms with E-state index >= 15 is 0 Å². The molecule has 116 valence electrons. The van der Waals surface area contributed by atoms with Gasteiger partial charge in [-0.25, -0.2) is 0 Å². The summed E-state index contributed by atoms with van der Waals surface area (Å²) in [5.41, 5.74) is 9.03. The molecule has 2 nitrogen and oxygen atoms in total. The van der Waals surface area contributed by atoms with E-state index in [0.29, 0.717) is 0 Å². The molecule has 0 saturated heterocycles. The van der Waals surface area contributed by atoms with Gasteiger partial charge in [-0.15, -0.1) is 0 Å². The third kappa shape index (κ3) is 2.56. The second-order valence-corrected chi connectivity index (χ2v) is 6.15. The van der Waals surface area contributed by atoms with E-state index in [4.69, 9.17) is 0 Å². The predicted octanol–water partition coefficient (Wildman–Crippen LogP) is 5.53. The Morgan fingerprint density at radius 3 is 1.46 bits per heavy atom. The van der Waals surface area contributed by atoms with Gasteiger partial charge in [0.1, 0.15) is 0 Å². The molecule has 0 bridgehead atoms. The van der Waals surface area contributed by atoms with Gasteiger partial charge in [0.2, 0.25) is 0 Å². The lowest BCUT2D eigenvalue weighted by Crippen LogP contribution is -1.83. The van der Waals surface area contributed by atoms with E-state index in [1.165, 1.54) is 22.3 Å². The zero-order valence-corrected chi connectivity index (χ0v) is 13.8. The third-order valence-electron chi connectivity index (χ3n) is 4.28. The molecule has 2 heterocycles. The summed E-state index contributed by atoms with van der Waals surface area (Å²) in [6.07, 6.45) is 3.84. The number of hydrogen-bond acceptors (Lipinski definition) is 2. The minimum Gasteiger partial charge on any atom is -0.256 e. The van der Waals surface area contributed by atoms with Crippen molar-refractivity contribution in [2.75, 3.05) is 0 Å². The van der Waals surface area contributed by atoms with E-state index in [-0.39, 0.29) is 0 Å². The van der Waals surface area contributed by atoms with Crippen LogP contribution in [0.4, 0.5) is 0 Å². The fraction of sp³-hybridized carbons (Fsp3) is 0.0909. The molecular formula is C22H18N2. The molecule has 0 N–H and O–H groups in total. The molecule has 0 fully saturated rings. The maximum Gasteiger partial charge on any atom is 0.0708 e. The molecule has 0 aliphatic heterocycles. The second kappa shape index (κ2) is 5.89. The summed E-state index contributed by atoms with van der Waals surface area (Å²) in [6.45, 7) is 4.11. The molecule has 0 aromatic carbocycles. The zero-order chi connectivity index (χ0) is 16.5. The molecule has 4 rings (SSSR count). The van der Waals surface area contributed by atoms with E-state index < -0.39 is 0 Å². The van der Waals surface area contributed by atoms with Gasteiger partial charge in [-0.1, -0.05) is 42.5 Å². The number of fused-ring (bicyclic) bond motifs is 1. The Morgan fingerprint density at radius 2 is 1.04 bits per heavy atom. The lowest BCUT2D eigenvalue weighted by atomic mass is 10.0. The van der Waals surface area contributed by atoms with Crippen LogP contribution in [-0.4, -0.2) is 9.97 Å². The molecule has 0 radical (unpaired) electrons. The Kier molecular flexibility index (Phi) is 3.58. The van der Waals surface area contributed by atoms with Crippen LogP contribution in [0, 0.1) is 13.8 Å². The van der Waals surface area contributed by atoms with E-state index in [9.17, 15) is 0 Å². The number of pyridine rings is 2. The third-order valence-corrected chi connectivity index (χ3v) is 4.28. The van der Waals surface area contributed by atoms with Crippen LogP contribution in [-0.2, 0) is 0 Å². The van der Waals surface area contributed by atoms with Gasteiger partial charge in [-0.2, -0.15) is 0 Å². The highest BCUT2D eigenvalue weighted by Crippen LogP contribution is 2.42. The fourth-order valence-electron chi connectivity index (χ4n) is 2.99. The number of hydrogen-bond donors (Lipinski definition) is 0. The van der Waals surface area contributed by atoms with Crippen LogP contribution in [0.2, 0.25) is 0 Å². The normalized spacial score (nSPS) is 10.9. The van der Waals surface area contributed by atoms with Gasteiger partial charge >= 0.3 is 0 Å². The minimum atomic E-state index is 0.996. The first-order valence-electron chi connectivity index (χ1n) is 8.10. The summed E-state index contributed by atoms with van der Waals surface area (Å²) in [4.78, 5) is 9.24. The lowest BCUT2D eigenvalue weighted by molar-refractivity contribution is 1.27. The summed E-state index contributed by atoms with van der Waals surface area (Å²) in [7, 11) is 0. The molecule has 0 amide bonds. The average molecular weight is 310 g/mol. The summed E-state index contributed by atoms with van der Waals surface area (Å²) < 4.78 is 0. The zero-order valence-electron chi connectivity index (χ0n) is 13.8. The van der Waals surface area contributed by atoms with Crippen LogP contribution in [0.25, 0.3) is 33.6 Å². The first-order chi connectivity index (χ1) is 11.7. The predicted molar refractivity (Wildman–Crippen MR) is 99.0 cm³/mol. The van der Waals surface area contributed by atoms with Crippen LogP contribution in [0.5, 0.6) is 0 Å².